The van der Waals surface area contributed by atoms with Crippen LogP contribution in [-0.4, -0.2) is 19.3 Å². The Kier molecular flexibility index (Phi) is 4.94. The normalized spacial score (nSPS) is 9.86. The Bertz CT molecular complexity index is 632. The summed E-state index contributed by atoms with van der Waals surface area (Å²) in [5.74, 6) is 1.02. The lowest BCUT2D eigenvalue weighted by Gasteiger charge is -2.14. The molecule has 110 valence electrons. The molecule has 0 radical (unpaired) electrons. The van der Waals surface area contributed by atoms with E-state index >= 15 is 0 Å². The topological polar surface area (TPSA) is 42.5 Å². The maximum atomic E-state index is 12.8. The van der Waals surface area contributed by atoms with Crippen molar-refractivity contribution in [2.75, 3.05) is 24.9 Å². The Hall–Kier alpha value is -2.34. The summed E-state index contributed by atoms with van der Waals surface area (Å²) in [7, 11) is 3.16. The first-order chi connectivity index (χ1) is 10.1. The first-order valence-corrected chi connectivity index (χ1v) is 6.59. The predicted octanol–water partition coefficient (Wildman–Crippen LogP) is 3.65. The van der Waals surface area contributed by atoms with Crippen LogP contribution in [0.2, 0.25) is 0 Å². The van der Waals surface area contributed by atoms with Crippen LogP contribution in [0.3, 0.4) is 0 Å². The van der Waals surface area contributed by atoms with Gasteiger partial charge < -0.3 is 20.1 Å². The lowest BCUT2D eigenvalue weighted by molar-refractivity contribution is 0.405. The van der Waals surface area contributed by atoms with E-state index in [1.54, 1.807) is 44.6 Å². The van der Waals surface area contributed by atoms with E-state index in [0.717, 1.165) is 0 Å². The van der Waals surface area contributed by atoms with Crippen molar-refractivity contribution in [1.82, 2.24) is 0 Å². The van der Waals surface area contributed by atoms with Gasteiger partial charge in [0.2, 0.25) is 0 Å². The van der Waals surface area contributed by atoms with Crippen LogP contribution in [0.15, 0.2) is 42.5 Å². The van der Waals surface area contributed by atoms with E-state index in [-0.39, 0.29) is 5.82 Å². The van der Waals surface area contributed by atoms with Gasteiger partial charge in [-0.3, -0.25) is 0 Å². The second-order valence-corrected chi connectivity index (χ2v) is 4.56. The molecule has 4 nitrogen and oxygen atoms in total. The zero-order valence-electron chi connectivity index (χ0n) is 11.6. The minimum absolute atomic E-state index is 0.297. The van der Waals surface area contributed by atoms with Gasteiger partial charge in [0.05, 0.1) is 19.9 Å². The molecule has 2 aromatic carbocycles. The molecule has 2 aromatic rings. The van der Waals surface area contributed by atoms with Gasteiger partial charge in [-0.25, -0.2) is 4.39 Å². The molecular formula is C15H15FN2O2S. The maximum Gasteiger partial charge on any atom is 0.175 e. The Morgan fingerprint density at radius 3 is 2.33 bits per heavy atom. The van der Waals surface area contributed by atoms with Crippen molar-refractivity contribution in [3.8, 4) is 11.5 Å². The molecule has 2 rings (SSSR count). The molecule has 0 fully saturated rings. The highest BCUT2D eigenvalue weighted by Gasteiger charge is 2.07. The van der Waals surface area contributed by atoms with E-state index in [9.17, 15) is 4.39 Å². The molecule has 0 aliphatic carbocycles. The van der Waals surface area contributed by atoms with Gasteiger partial charge in [0.1, 0.15) is 17.3 Å². The summed E-state index contributed by atoms with van der Waals surface area (Å²) >= 11 is 5.23. The first-order valence-electron chi connectivity index (χ1n) is 6.18. The first kappa shape index (κ1) is 15.1. The minimum atomic E-state index is -0.297. The highest BCUT2D eigenvalue weighted by atomic mass is 32.1. The van der Waals surface area contributed by atoms with E-state index in [0.29, 0.717) is 28.0 Å². The smallest absolute Gasteiger partial charge is 0.175 e. The summed E-state index contributed by atoms with van der Waals surface area (Å²) in [6.45, 7) is 0. The van der Waals surface area contributed by atoms with Crippen LogP contribution < -0.4 is 20.1 Å². The molecule has 0 bridgehead atoms. The summed E-state index contributed by atoms with van der Waals surface area (Å²) in [4.78, 5) is 0. The summed E-state index contributed by atoms with van der Waals surface area (Å²) in [5.41, 5.74) is 1.37. The number of nitrogens with one attached hydrogen (secondary N) is 2. The SMILES string of the molecule is COc1ccc(OC)c(NC(=S)Nc2ccc(F)cc2)c1. The maximum absolute atomic E-state index is 12.8. The number of methoxy groups -OCH3 is 2. The monoisotopic (exact) mass is 306 g/mol. The number of rotatable bonds is 4. The largest absolute Gasteiger partial charge is 0.497 e. The number of anilines is 2. The van der Waals surface area contributed by atoms with Gasteiger partial charge in [-0.2, -0.15) is 0 Å². The molecule has 6 heteroatoms. The molecule has 0 saturated carbocycles. The quantitative estimate of drug-likeness (QED) is 0.844. The Morgan fingerprint density at radius 2 is 1.71 bits per heavy atom. The fraction of sp³-hybridized carbons (Fsp3) is 0.133. The van der Waals surface area contributed by atoms with E-state index in [1.165, 1.54) is 12.1 Å². The minimum Gasteiger partial charge on any atom is -0.497 e. The number of thiocarbonyl (C=S) groups is 1. The molecule has 0 amide bonds. The highest BCUT2D eigenvalue weighted by molar-refractivity contribution is 7.80. The Balaban J connectivity index is 2.09. The second kappa shape index (κ2) is 6.90. The van der Waals surface area contributed by atoms with Crippen LogP contribution >= 0.6 is 12.2 Å². The number of benzene rings is 2. The van der Waals surface area contributed by atoms with E-state index in [2.05, 4.69) is 10.6 Å². The van der Waals surface area contributed by atoms with E-state index < -0.39 is 0 Å². The molecule has 0 saturated heterocycles. The molecule has 0 aliphatic rings. The van der Waals surface area contributed by atoms with Crippen molar-refractivity contribution < 1.29 is 13.9 Å². The fourth-order valence-corrected chi connectivity index (χ4v) is 1.96. The van der Waals surface area contributed by atoms with Gasteiger partial charge in [-0.05, 0) is 48.6 Å². The predicted molar refractivity (Wildman–Crippen MR) is 85.8 cm³/mol. The van der Waals surface area contributed by atoms with Gasteiger partial charge >= 0.3 is 0 Å². The van der Waals surface area contributed by atoms with Crippen molar-refractivity contribution in [2.45, 2.75) is 0 Å². The van der Waals surface area contributed by atoms with Crippen molar-refractivity contribution in [3.05, 3.63) is 48.3 Å². The van der Waals surface area contributed by atoms with Crippen LogP contribution in [0.1, 0.15) is 0 Å². The van der Waals surface area contributed by atoms with Crippen LogP contribution in [0, 0.1) is 5.82 Å². The summed E-state index contributed by atoms with van der Waals surface area (Å²) in [5, 5.41) is 6.35. The van der Waals surface area contributed by atoms with Crippen molar-refractivity contribution >= 4 is 28.7 Å². The molecule has 0 aliphatic heterocycles. The molecule has 0 spiro atoms. The highest BCUT2D eigenvalue weighted by Crippen LogP contribution is 2.29. The molecule has 0 unspecified atom stereocenters. The number of hydrogen-bond acceptors (Lipinski definition) is 3. The third kappa shape index (κ3) is 4.06. The van der Waals surface area contributed by atoms with E-state index in [4.69, 9.17) is 21.7 Å². The molecule has 0 atom stereocenters. The second-order valence-electron chi connectivity index (χ2n) is 4.15. The molecule has 2 N–H and O–H groups in total. The number of hydrogen-bond donors (Lipinski definition) is 2. The average Bonchev–Trinajstić information content (AvgIpc) is 2.49. The fourth-order valence-electron chi connectivity index (χ4n) is 1.73. The van der Waals surface area contributed by atoms with Gasteiger partial charge in [0.15, 0.2) is 5.11 Å². The van der Waals surface area contributed by atoms with Crippen LogP contribution in [0.4, 0.5) is 15.8 Å². The Labute approximate surface area is 127 Å². The summed E-state index contributed by atoms with van der Waals surface area (Å²) in [6, 6.07) is 11.3. The van der Waals surface area contributed by atoms with Crippen molar-refractivity contribution in [3.63, 3.8) is 0 Å². The van der Waals surface area contributed by atoms with Gasteiger partial charge in [0.25, 0.3) is 0 Å². The molecule has 0 heterocycles. The van der Waals surface area contributed by atoms with Gasteiger partial charge in [-0.15, -0.1) is 0 Å². The van der Waals surface area contributed by atoms with Crippen molar-refractivity contribution in [2.24, 2.45) is 0 Å². The average molecular weight is 306 g/mol. The Morgan fingerprint density at radius 1 is 1.00 bits per heavy atom. The van der Waals surface area contributed by atoms with Gasteiger partial charge in [-0.1, -0.05) is 0 Å². The molecule has 0 aromatic heterocycles. The van der Waals surface area contributed by atoms with Crippen molar-refractivity contribution in [1.29, 1.82) is 0 Å². The molecule has 21 heavy (non-hydrogen) atoms. The van der Waals surface area contributed by atoms with Crippen LogP contribution in [-0.2, 0) is 0 Å². The van der Waals surface area contributed by atoms with Gasteiger partial charge in [0, 0.05) is 11.8 Å². The third-order valence-corrected chi connectivity index (χ3v) is 2.96. The molecular weight excluding hydrogens is 291 g/mol. The van der Waals surface area contributed by atoms with Crippen LogP contribution in [0.5, 0.6) is 11.5 Å². The number of ether oxygens (including phenoxy) is 2. The van der Waals surface area contributed by atoms with E-state index in [1.807, 2.05) is 0 Å². The lowest BCUT2D eigenvalue weighted by atomic mass is 10.2. The summed E-state index contributed by atoms with van der Waals surface area (Å²) in [6.07, 6.45) is 0. The number of halogens is 1. The lowest BCUT2D eigenvalue weighted by Crippen LogP contribution is -2.19. The summed E-state index contributed by atoms with van der Waals surface area (Å²) < 4.78 is 23.3. The van der Waals surface area contributed by atoms with Crippen LogP contribution in [0.25, 0.3) is 0 Å². The zero-order valence-corrected chi connectivity index (χ0v) is 12.5. The zero-order chi connectivity index (χ0) is 15.2. The standard InChI is InChI=1S/C15H15FN2O2S/c1-19-12-7-8-14(20-2)13(9-12)18-15(21)17-11-5-3-10(16)4-6-11/h3-9H,1-2H3,(H2,17,18,21). The third-order valence-electron chi connectivity index (χ3n) is 2.76.